The van der Waals surface area contributed by atoms with Crippen LogP contribution in [0, 0.1) is 22.7 Å². The lowest BCUT2D eigenvalue weighted by Gasteiger charge is -2.25. The Morgan fingerprint density at radius 2 is 0.765 bits per heavy atom. The van der Waals surface area contributed by atoms with Gasteiger partial charge in [0.25, 0.3) is 0 Å². The molecule has 2 heterocycles. The number of hydrogen-bond acceptors (Lipinski definition) is 4. The van der Waals surface area contributed by atoms with E-state index in [9.17, 15) is 10.5 Å². The van der Waals surface area contributed by atoms with E-state index in [-0.39, 0.29) is 0 Å². The standard InChI is InChI=1S/C62H40N6/c63-40-44-37-56(45(41-64)36-55(44)42-24-29-50(30-25-42)67-59-22-12-10-20-53(59)57-38-47(28-34-61(57)67)65-46-14-4-1-5-15-46)43-26-31-51(32-27-43)68-60-23-13-11-21-54(60)58-39-52(33-35-62(58)68)66(48-16-6-2-7-17-48)49-18-8-3-9-19-49/h1-39,65H. The van der Waals surface area contributed by atoms with Gasteiger partial charge in [-0.05, 0) is 132 Å². The molecule has 1 N–H and O–H groups in total. The highest BCUT2D eigenvalue weighted by Gasteiger charge is 2.19. The molecule has 0 bridgehead atoms. The number of hydrogen-bond donors (Lipinski definition) is 1. The SMILES string of the molecule is N#Cc1cc(-c2ccc(-n3c4ccccc4c4cc(N(c5ccccc5)c5ccccc5)ccc43)cc2)c(C#N)cc1-c1ccc(-n2c3ccccc3c3cc(Nc4ccccc4)ccc32)cc1. The van der Waals surface area contributed by atoms with Crippen molar-refractivity contribution in [3.8, 4) is 45.8 Å². The van der Waals surface area contributed by atoms with E-state index in [2.05, 4.69) is 213 Å². The van der Waals surface area contributed by atoms with Gasteiger partial charge in [-0.3, -0.25) is 0 Å². The van der Waals surface area contributed by atoms with Crippen molar-refractivity contribution in [3.05, 3.63) is 248 Å². The fourth-order valence-electron chi connectivity index (χ4n) is 9.84. The smallest absolute Gasteiger partial charge is 0.0998 e. The highest BCUT2D eigenvalue weighted by molar-refractivity contribution is 6.12. The molecule has 2 aromatic heterocycles. The monoisotopic (exact) mass is 868 g/mol. The third kappa shape index (κ3) is 6.89. The molecule has 0 saturated carbocycles. The Balaban J connectivity index is 0.876. The van der Waals surface area contributed by atoms with Gasteiger partial charge in [0.15, 0.2) is 0 Å². The van der Waals surface area contributed by atoms with Crippen LogP contribution in [0.3, 0.4) is 0 Å². The first-order valence-corrected chi connectivity index (χ1v) is 22.6. The van der Waals surface area contributed by atoms with Gasteiger partial charge < -0.3 is 19.4 Å². The predicted octanol–water partition coefficient (Wildman–Crippen LogP) is 16.2. The minimum Gasteiger partial charge on any atom is -0.356 e. The average molecular weight is 869 g/mol. The van der Waals surface area contributed by atoms with Crippen molar-refractivity contribution in [1.82, 2.24) is 9.13 Å². The summed E-state index contributed by atoms with van der Waals surface area (Å²) in [6.07, 6.45) is 0. The van der Waals surface area contributed by atoms with Crippen LogP contribution in [-0.4, -0.2) is 9.13 Å². The van der Waals surface area contributed by atoms with Gasteiger partial charge in [0, 0.05) is 72.5 Å². The van der Waals surface area contributed by atoms with Crippen LogP contribution in [0.2, 0.25) is 0 Å². The average Bonchev–Trinajstić information content (AvgIpc) is 3.91. The largest absolute Gasteiger partial charge is 0.356 e. The molecular weight excluding hydrogens is 829 g/mol. The number of benzene rings is 10. The van der Waals surface area contributed by atoms with Crippen LogP contribution >= 0.6 is 0 Å². The van der Waals surface area contributed by atoms with Gasteiger partial charge in [0.1, 0.15) is 0 Å². The number of nitrogens with zero attached hydrogens (tertiary/aromatic N) is 5. The lowest BCUT2D eigenvalue weighted by Crippen LogP contribution is -2.09. The summed E-state index contributed by atoms with van der Waals surface area (Å²) >= 11 is 0. The van der Waals surface area contributed by atoms with Crippen LogP contribution < -0.4 is 10.2 Å². The Kier molecular flexibility index (Phi) is 9.83. The zero-order valence-electron chi connectivity index (χ0n) is 36.8. The summed E-state index contributed by atoms with van der Waals surface area (Å²) in [6, 6.07) is 86.4. The second kappa shape index (κ2) is 16.7. The second-order valence-corrected chi connectivity index (χ2v) is 16.9. The van der Waals surface area contributed by atoms with E-state index in [0.29, 0.717) is 11.1 Å². The molecule has 10 aromatic carbocycles. The third-order valence-electron chi connectivity index (χ3n) is 12.9. The number of para-hydroxylation sites is 5. The van der Waals surface area contributed by atoms with Crippen molar-refractivity contribution >= 4 is 72.0 Å². The summed E-state index contributed by atoms with van der Waals surface area (Å²) < 4.78 is 4.58. The van der Waals surface area contributed by atoms with Gasteiger partial charge in [-0.1, -0.05) is 115 Å². The Morgan fingerprint density at radius 3 is 1.26 bits per heavy atom. The first-order chi connectivity index (χ1) is 33.6. The number of aromatic nitrogens is 2. The number of anilines is 5. The molecule has 68 heavy (non-hydrogen) atoms. The topological polar surface area (TPSA) is 72.7 Å². The Labute approximate surface area is 393 Å². The van der Waals surface area contributed by atoms with Crippen molar-refractivity contribution in [2.24, 2.45) is 0 Å². The molecule has 318 valence electrons. The van der Waals surface area contributed by atoms with Gasteiger partial charge in [-0.2, -0.15) is 10.5 Å². The van der Waals surface area contributed by atoms with Crippen molar-refractivity contribution in [3.63, 3.8) is 0 Å². The zero-order chi connectivity index (χ0) is 45.6. The minimum atomic E-state index is 0.504. The summed E-state index contributed by atoms with van der Waals surface area (Å²) in [5, 5.41) is 29.3. The van der Waals surface area contributed by atoms with Crippen molar-refractivity contribution < 1.29 is 0 Å². The van der Waals surface area contributed by atoms with Crippen LogP contribution in [0.5, 0.6) is 0 Å². The molecule has 12 rings (SSSR count). The normalized spacial score (nSPS) is 11.2. The molecule has 0 fully saturated rings. The van der Waals surface area contributed by atoms with Crippen LogP contribution in [0.4, 0.5) is 28.4 Å². The summed E-state index contributed by atoms with van der Waals surface area (Å²) in [5.41, 5.74) is 15.9. The van der Waals surface area contributed by atoms with E-state index in [1.165, 1.54) is 0 Å². The Hall–Kier alpha value is -9.62. The maximum atomic E-state index is 10.6. The summed E-state index contributed by atoms with van der Waals surface area (Å²) in [7, 11) is 0. The summed E-state index contributed by atoms with van der Waals surface area (Å²) in [5.74, 6) is 0. The zero-order valence-corrected chi connectivity index (χ0v) is 36.8. The molecular formula is C62H40N6. The molecule has 0 unspecified atom stereocenters. The molecule has 0 radical (unpaired) electrons. The molecule has 0 saturated heterocycles. The third-order valence-corrected chi connectivity index (χ3v) is 12.9. The van der Waals surface area contributed by atoms with Gasteiger partial charge in [-0.25, -0.2) is 0 Å². The first-order valence-electron chi connectivity index (χ1n) is 22.6. The second-order valence-electron chi connectivity index (χ2n) is 16.9. The van der Waals surface area contributed by atoms with E-state index < -0.39 is 0 Å². The maximum Gasteiger partial charge on any atom is 0.0998 e. The highest BCUT2D eigenvalue weighted by atomic mass is 15.1. The number of fused-ring (bicyclic) bond motifs is 6. The molecule has 0 aliphatic heterocycles. The molecule has 0 amide bonds. The maximum absolute atomic E-state index is 10.6. The van der Waals surface area contributed by atoms with Crippen molar-refractivity contribution in [2.45, 2.75) is 0 Å². The molecule has 0 aliphatic carbocycles. The summed E-state index contributed by atoms with van der Waals surface area (Å²) in [6.45, 7) is 0. The van der Waals surface area contributed by atoms with Gasteiger partial charge >= 0.3 is 0 Å². The number of nitrogens with one attached hydrogen (secondary N) is 1. The van der Waals surface area contributed by atoms with E-state index in [1.54, 1.807) is 0 Å². The lowest BCUT2D eigenvalue weighted by atomic mass is 9.91. The fourth-order valence-corrected chi connectivity index (χ4v) is 9.84. The Morgan fingerprint density at radius 1 is 0.338 bits per heavy atom. The van der Waals surface area contributed by atoms with Crippen LogP contribution in [-0.2, 0) is 0 Å². The molecule has 0 aliphatic rings. The van der Waals surface area contributed by atoms with Gasteiger partial charge in [0.05, 0.1) is 45.3 Å². The predicted molar refractivity (Wildman–Crippen MR) is 280 cm³/mol. The molecule has 12 aromatic rings. The van der Waals surface area contributed by atoms with Crippen LogP contribution in [0.25, 0.3) is 77.2 Å². The molecule has 0 atom stereocenters. The van der Waals surface area contributed by atoms with E-state index in [4.69, 9.17) is 0 Å². The molecule has 6 nitrogen and oxygen atoms in total. The van der Waals surface area contributed by atoms with Crippen molar-refractivity contribution in [2.75, 3.05) is 10.2 Å². The number of rotatable bonds is 9. The minimum absolute atomic E-state index is 0.504. The molecule has 0 spiro atoms. The lowest BCUT2D eigenvalue weighted by molar-refractivity contribution is 1.18. The summed E-state index contributed by atoms with van der Waals surface area (Å²) in [4.78, 5) is 2.29. The van der Waals surface area contributed by atoms with E-state index in [1.807, 2.05) is 54.6 Å². The van der Waals surface area contributed by atoms with Crippen molar-refractivity contribution in [1.29, 1.82) is 10.5 Å². The van der Waals surface area contributed by atoms with Gasteiger partial charge in [-0.15, -0.1) is 0 Å². The molecule has 6 heteroatoms. The number of nitriles is 2. The van der Waals surface area contributed by atoms with Gasteiger partial charge in [0.2, 0.25) is 0 Å². The van der Waals surface area contributed by atoms with E-state index >= 15 is 0 Å². The quantitative estimate of drug-likeness (QED) is 0.157. The van der Waals surface area contributed by atoms with Crippen LogP contribution in [0.15, 0.2) is 237 Å². The highest BCUT2D eigenvalue weighted by Crippen LogP contribution is 2.41. The van der Waals surface area contributed by atoms with E-state index in [0.717, 1.165) is 106 Å². The first kappa shape index (κ1) is 39.9. The fraction of sp³-hybridized carbons (Fsp3) is 0. The van der Waals surface area contributed by atoms with Crippen LogP contribution in [0.1, 0.15) is 11.1 Å². The Bertz CT molecular complexity index is 3890.